The second-order valence-electron chi connectivity index (χ2n) is 3.32. The number of nitrogens with one attached hydrogen (secondary N) is 2. The van der Waals surface area contributed by atoms with E-state index >= 15 is 0 Å². The third-order valence-corrected chi connectivity index (χ3v) is 2.72. The van der Waals surface area contributed by atoms with Crippen LogP contribution in [0.15, 0.2) is 22.6 Å². The minimum Gasteiger partial charge on any atom is -0.385 e. The first-order valence-electron chi connectivity index (χ1n) is 5.37. The SMILES string of the molecule is COCCCNC(=O)C(=O)N/N=C\c1cccs1. The van der Waals surface area contributed by atoms with E-state index in [0.717, 1.165) is 4.88 Å². The molecule has 0 aliphatic heterocycles. The van der Waals surface area contributed by atoms with Gasteiger partial charge in [0, 0.05) is 25.1 Å². The normalized spacial score (nSPS) is 10.5. The van der Waals surface area contributed by atoms with Gasteiger partial charge in [-0.1, -0.05) is 6.07 Å². The molecule has 0 bridgehead atoms. The van der Waals surface area contributed by atoms with Crippen LogP contribution in [0.5, 0.6) is 0 Å². The van der Waals surface area contributed by atoms with E-state index < -0.39 is 11.8 Å². The predicted octanol–water partition coefficient (Wildman–Crippen LogP) is 0.351. The number of amides is 2. The van der Waals surface area contributed by atoms with Gasteiger partial charge in [-0.2, -0.15) is 5.10 Å². The highest BCUT2D eigenvalue weighted by molar-refractivity contribution is 7.11. The number of carbonyl (C=O) groups excluding carboxylic acids is 2. The Bertz CT molecular complexity index is 404. The summed E-state index contributed by atoms with van der Waals surface area (Å²) in [7, 11) is 1.58. The third-order valence-electron chi connectivity index (χ3n) is 1.92. The third kappa shape index (κ3) is 5.55. The molecule has 0 aliphatic carbocycles. The fourth-order valence-electron chi connectivity index (χ4n) is 1.07. The van der Waals surface area contributed by atoms with Crippen molar-refractivity contribution in [2.24, 2.45) is 5.10 Å². The van der Waals surface area contributed by atoms with Crippen LogP contribution in [0.1, 0.15) is 11.3 Å². The summed E-state index contributed by atoms with van der Waals surface area (Å²) >= 11 is 1.49. The molecule has 0 aromatic carbocycles. The molecule has 1 aromatic rings. The number of ether oxygens (including phenoxy) is 1. The number of rotatable bonds is 6. The van der Waals surface area contributed by atoms with Crippen molar-refractivity contribution in [1.82, 2.24) is 10.7 Å². The lowest BCUT2D eigenvalue weighted by Crippen LogP contribution is -2.38. The molecule has 0 aliphatic rings. The second kappa shape index (κ2) is 8.37. The molecule has 0 spiro atoms. The van der Waals surface area contributed by atoms with Gasteiger partial charge in [0.15, 0.2) is 0 Å². The Hall–Kier alpha value is -1.73. The first-order chi connectivity index (χ1) is 8.74. The molecule has 2 N–H and O–H groups in total. The minimum absolute atomic E-state index is 0.398. The molecular weight excluding hydrogens is 254 g/mol. The van der Waals surface area contributed by atoms with E-state index in [1.54, 1.807) is 7.11 Å². The zero-order valence-corrected chi connectivity index (χ0v) is 10.8. The predicted molar refractivity (Wildman–Crippen MR) is 69.6 cm³/mol. The summed E-state index contributed by atoms with van der Waals surface area (Å²) in [5.41, 5.74) is 2.16. The van der Waals surface area contributed by atoms with Crippen molar-refractivity contribution < 1.29 is 14.3 Å². The molecule has 0 atom stereocenters. The summed E-state index contributed by atoms with van der Waals surface area (Å²) in [6.45, 7) is 0.938. The average Bonchev–Trinajstić information content (AvgIpc) is 2.87. The van der Waals surface area contributed by atoms with Crippen molar-refractivity contribution in [3.8, 4) is 0 Å². The number of thiophene rings is 1. The van der Waals surface area contributed by atoms with Gasteiger partial charge in [0.25, 0.3) is 0 Å². The van der Waals surface area contributed by atoms with E-state index in [1.165, 1.54) is 17.6 Å². The van der Waals surface area contributed by atoms with Gasteiger partial charge >= 0.3 is 11.8 Å². The van der Waals surface area contributed by atoms with Gasteiger partial charge in [-0.15, -0.1) is 11.3 Å². The van der Waals surface area contributed by atoms with Crippen LogP contribution in [0, 0.1) is 0 Å². The Morgan fingerprint density at radius 3 is 3.00 bits per heavy atom. The van der Waals surface area contributed by atoms with Crippen LogP contribution in [-0.4, -0.2) is 38.3 Å². The number of hydrogen-bond donors (Lipinski definition) is 2. The Morgan fingerprint density at radius 2 is 2.33 bits per heavy atom. The fourth-order valence-corrected chi connectivity index (χ4v) is 1.65. The van der Waals surface area contributed by atoms with E-state index in [4.69, 9.17) is 4.74 Å². The number of hydrazone groups is 1. The van der Waals surface area contributed by atoms with Crippen LogP contribution in [0.3, 0.4) is 0 Å². The molecule has 1 aromatic heterocycles. The standard InChI is InChI=1S/C11H15N3O3S/c1-17-6-3-5-12-10(15)11(16)14-13-8-9-4-2-7-18-9/h2,4,7-8H,3,5-6H2,1H3,(H,12,15)(H,14,16)/b13-8-. The van der Waals surface area contributed by atoms with Gasteiger partial charge in [0.05, 0.1) is 6.21 Å². The van der Waals surface area contributed by atoms with E-state index in [0.29, 0.717) is 19.6 Å². The Labute approximate surface area is 109 Å². The lowest BCUT2D eigenvalue weighted by atomic mass is 10.4. The van der Waals surface area contributed by atoms with E-state index in [2.05, 4.69) is 15.8 Å². The minimum atomic E-state index is -0.778. The molecule has 18 heavy (non-hydrogen) atoms. The Morgan fingerprint density at radius 1 is 1.50 bits per heavy atom. The number of methoxy groups -OCH3 is 1. The van der Waals surface area contributed by atoms with Crippen molar-refractivity contribution in [2.45, 2.75) is 6.42 Å². The molecule has 2 amide bonds. The smallest absolute Gasteiger partial charge is 0.329 e. The summed E-state index contributed by atoms with van der Waals surface area (Å²) in [5.74, 6) is -1.48. The molecular formula is C11H15N3O3S. The van der Waals surface area contributed by atoms with Crippen LogP contribution < -0.4 is 10.7 Å². The van der Waals surface area contributed by atoms with E-state index in [9.17, 15) is 9.59 Å². The summed E-state index contributed by atoms with van der Waals surface area (Å²) in [6, 6.07) is 3.72. The number of hydrogen-bond acceptors (Lipinski definition) is 5. The topological polar surface area (TPSA) is 79.8 Å². The molecule has 0 fully saturated rings. The summed E-state index contributed by atoms with van der Waals surface area (Å²) in [6.07, 6.45) is 2.15. The van der Waals surface area contributed by atoms with Crippen LogP contribution in [0.2, 0.25) is 0 Å². The van der Waals surface area contributed by atoms with Crippen molar-refractivity contribution in [3.05, 3.63) is 22.4 Å². The van der Waals surface area contributed by atoms with Gasteiger partial charge in [-0.05, 0) is 17.9 Å². The quantitative estimate of drug-likeness (QED) is 0.338. The monoisotopic (exact) mass is 269 g/mol. The van der Waals surface area contributed by atoms with Gasteiger partial charge in [-0.3, -0.25) is 9.59 Å². The molecule has 1 rings (SSSR count). The highest BCUT2D eigenvalue weighted by Gasteiger charge is 2.10. The molecule has 0 unspecified atom stereocenters. The Balaban J connectivity index is 2.21. The average molecular weight is 269 g/mol. The summed E-state index contributed by atoms with van der Waals surface area (Å²) < 4.78 is 4.82. The highest BCUT2D eigenvalue weighted by Crippen LogP contribution is 2.03. The number of nitrogens with zero attached hydrogens (tertiary/aromatic N) is 1. The molecule has 0 saturated carbocycles. The molecule has 7 heteroatoms. The molecule has 0 saturated heterocycles. The zero-order chi connectivity index (χ0) is 13.2. The molecule has 98 valence electrons. The van der Waals surface area contributed by atoms with Crippen LogP contribution in [0.25, 0.3) is 0 Å². The summed E-state index contributed by atoms with van der Waals surface area (Å²) in [4.78, 5) is 23.4. The van der Waals surface area contributed by atoms with Gasteiger partial charge in [-0.25, -0.2) is 5.43 Å². The fraction of sp³-hybridized carbons (Fsp3) is 0.364. The lowest BCUT2D eigenvalue weighted by Gasteiger charge is -2.02. The molecule has 0 radical (unpaired) electrons. The first kappa shape index (κ1) is 14.3. The first-order valence-corrected chi connectivity index (χ1v) is 6.25. The van der Waals surface area contributed by atoms with Crippen LogP contribution in [0.4, 0.5) is 0 Å². The zero-order valence-electron chi connectivity index (χ0n) is 10.0. The maximum atomic E-state index is 11.3. The lowest BCUT2D eigenvalue weighted by molar-refractivity contribution is -0.139. The van der Waals surface area contributed by atoms with Gasteiger partial charge in [0.1, 0.15) is 0 Å². The Kier molecular flexibility index (Phi) is 6.67. The summed E-state index contributed by atoms with van der Waals surface area (Å²) in [5, 5.41) is 8.03. The largest absolute Gasteiger partial charge is 0.385 e. The van der Waals surface area contributed by atoms with Crippen molar-refractivity contribution in [2.75, 3.05) is 20.3 Å². The van der Waals surface area contributed by atoms with Crippen LogP contribution >= 0.6 is 11.3 Å². The maximum Gasteiger partial charge on any atom is 0.329 e. The highest BCUT2D eigenvalue weighted by atomic mass is 32.1. The number of carbonyl (C=O) groups is 2. The molecule has 6 nitrogen and oxygen atoms in total. The van der Waals surface area contributed by atoms with Crippen LogP contribution in [-0.2, 0) is 14.3 Å². The van der Waals surface area contributed by atoms with Gasteiger partial charge in [0.2, 0.25) is 0 Å². The second-order valence-corrected chi connectivity index (χ2v) is 4.30. The molecule has 1 heterocycles. The maximum absolute atomic E-state index is 11.3. The van der Waals surface area contributed by atoms with Crippen molar-refractivity contribution in [3.63, 3.8) is 0 Å². The van der Waals surface area contributed by atoms with Gasteiger partial charge < -0.3 is 10.1 Å². The van der Waals surface area contributed by atoms with E-state index in [1.807, 2.05) is 17.5 Å². The van der Waals surface area contributed by atoms with Crippen molar-refractivity contribution in [1.29, 1.82) is 0 Å². The van der Waals surface area contributed by atoms with Crippen molar-refractivity contribution >= 4 is 29.4 Å². The van der Waals surface area contributed by atoms with E-state index in [-0.39, 0.29) is 0 Å².